The second-order valence-corrected chi connectivity index (χ2v) is 11.3. The van der Waals surface area contributed by atoms with Crippen molar-refractivity contribution in [2.45, 2.75) is 30.9 Å². The van der Waals surface area contributed by atoms with E-state index in [0.29, 0.717) is 23.1 Å². The van der Waals surface area contributed by atoms with E-state index in [9.17, 15) is 13.2 Å². The molecule has 0 bridgehead atoms. The smallest absolute Gasteiger partial charge is 0.322 e. The highest BCUT2D eigenvalue weighted by molar-refractivity contribution is 7.91. The number of hydrogen-bond acceptors (Lipinski definition) is 7. The molecular formula is C20H21ClN4O4S2. The van der Waals surface area contributed by atoms with Crippen LogP contribution in [0.25, 0.3) is 11.5 Å². The highest BCUT2D eigenvalue weighted by atomic mass is 35.5. The number of anilines is 1. The highest BCUT2D eigenvalue weighted by Gasteiger charge is 2.33. The van der Waals surface area contributed by atoms with Crippen molar-refractivity contribution < 1.29 is 17.6 Å². The molecule has 0 atom stereocenters. The van der Waals surface area contributed by atoms with E-state index in [2.05, 4.69) is 15.5 Å². The van der Waals surface area contributed by atoms with Crippen molar-refractivity contribution in [1.29, 1.82) is 0 Å². The third-order valence-corrected chi connectivity index (χ3v) is 8.97. The van der Waals surface area contributed by atoms with Crippen molar-refractivity contribution in [2.75, 3.05) is 18.4 Å². The molecule has 0 saturated carbocycles. The normalized spacial score (nSPS) is 15.8. The van der Waals surface area contributed by atoms with E-state index < -0.39 is 10.0 Å². The van der Waals surface area contributed by atoms with Gasteiger partial charge in [0, 0.05) is 24.6 Å². The zero-order valence-electron chi connectivity index (χ0n) is 17.0. The number of benzene rings is 1. The number of hydrogen-bond donors (Lipinski definition) is 1. The summed E-state index contributed by atoms with van der Waals surface area (Å²) in [6.45, 7) is 4.53. The molecule has 11 heteroatoms. The average molecular weight is 481 g/mol. The number of sulfonamides is 1. The molecule has 0 spiro atoms. The number of nitrogens with zero attached hydrogens (tertiary/aromatic N) is 3. The second kappa shape index (κ2) is 8.70. The van der Waals surface area contributed by atoms with Gasteiger partial charge < -0.3 is 4.42 Å². The van der Waals surface area contributed by atoms with Crippen molar-refractivity contribution >= 4 is 44.9 Å². The monoisotopic (exact) mass is 480 g/mol. The number of carbonyl (C=O) groups excluding carboxylic acids is 1. The lowest BCUT2D eigenvalue weighted by Gasteiger charge is -2.29. The molecule has 8 nitrogen and oxygen atoms in total. The Hall–Kier alpha value is -2.27. The van der Waals surface area contributed by atoms with Gasteiger partial charge in [0.15, 0.2) is 0 Å². The summed E-state index contributed by atoms with van der Waals surface area (Å²) in [6.07, 6.45) is 0.810. The molecule has 3 aromatic rings. The summed E-state index contributed by atoms with van der Waals surface area (Å²) in [5.74, 6) is -0.268. The first-order chi connectivity index (χ1) is 14.7. The molecule has 3 heterocycles. The zero-order valence-corrected chi connectivity index (χ0v) is 19.4. The number of nitrogens with one attached hydrogen (secondary N) is 1. The van der Waals surface area contributed by atoms with Gasteiger partial charge in [-0.1, -0.05) is 22.8 Å². The largest absolute Gasteiger partial charge is 0.403 e. The Balaban J connectivity index is 1.36. The van der Waals surface area contributed by atoms with Crippen LogP contribution in [0.1, 0.15) is 24.0 Å². The second-order valence-electron chi connectivity index (χ2n) is 7.44. The van der Waals surface area contributed by atoms with E-state index >= 15 is 0 Å². The van der Waals surface area contributed by atoms with Gasteiger partial charge in [0.25, 0.3) is 10.0 Å². The first kappa shape index (κ1) is 21.9. The molecule has 0 radical (unpaired) electrons. The Morgan fingerprint density at radius 1 is 1.16 bits per heavy atom. The van der Waals surface area contributed by atoms with Crippen LogP contribution in [0.15, 0.2) is 39.0 Å². The number of piperidine rings is 1. The van der Waals surface area contributed by atoms with Crippen molar-refractivity contribution in [3.8, 4) is 11.5 Å². The maximum Gasteiger partial charge on any atom is 0.322 e. The number of aromatic nitrogens is 2. The van der Waals surface area contributed by atoms with Crippen molar-refractivity contribution in [2.24, 2.45) is 5.92 Å². The van der Waals surface area contributed by atoms with Gasteiger partial charge in [0.1, 0.15) is 4.21 Å². The summed E-state index contributed by atoms with van der Waals surface area (Å²) in [5.41, 5.74) is 3.04. The molecule has 4 rings (SSSR count). The summed E-state index contributed by atoms with van der Waals surface area (Å²) < 4.78 is 33.0. The summed E-state index contributed by atoms with van der Waals surface area (Å²) in [6, 6.07) is 8.91. The van der Waals surface area contributed by atoms with Gasteiger partial charge >= 0.3 is 6.01 Å². The quantitative estimate of drug-likeness (QED) is 0.589. The van der Waals surface area contributed by atoms with Crippen molar-refractivity contribution in [3.63, 3.8) is 0 Å². The molecule has 1 aromatic carbocycles. The molecule has 31 heavy (non-hydrogen) atoms. The molecule has 1 N–H and O–H groups in total. The van der Waals surface area contributed by atoms with E-state index in [0.717, 1.165) is 28.0 Å². The van der Waals surface area contributed by atoms with Crippen molar-refractivity contribution in [3.05, 3.63) is 45.8 Å². The van der Waals surface area contributed by atoms with Gasteiger partial charge in [0.05, 0.1) is 4.34 Å². The summed E-state index contributed by atoms with van der Waals surface area (Å²) in [5, 5.41) is 10.6. The van der Waals surface area contributed by atoms with Crippen LogP contribution in [0.5, 0.6) is 0 Å². The fraction of sp³-hybridized carbons (Fsp3) is 0.350. The molecule has 0 aliphatic carbocycles. The van der Waals surface area contributed by atoms with Crippen LogP contribution in [-0.2, 0) is 14.8 Å². The molecule has 1 amide bonds. The van der Waals surface area contributed by atoms with Gasteiger partial charge in [-0.15, -0.1) is 16.4 Å². The third-order valence-electron chi connectivity index (χ3n) is 5.38. The predicted molar refractivity (Wildman–Crippen MR) is 119 cm³/mol. The number of carbonyl (C=O) groups is 1. The highest BCUT2D eigenvalue weighted by Crippen LogP contribution is 2.31. The fourth-order valence-corrected chi connectivity index (χ4v) is 6.50. The first-order valence-electron chi connectivity index (χ1n) is 9.71. The summed E-state index contributed by atoms with van der Waals surface area (Å²) in [4.78, 5) is 12.6. The summed E-state index contributed by atoms with van der Waals surface area (Å²) in [7, 11) is -3.59. The maximum absolute atomic E-state index is 12.7. The van der Waals surface area contributed by atoms with E-state index in [-0.39, 0.29) is 35.1 Å². The maximum atomic E-state index is 12.7. The van der Waals surface area contributed by atoms with Crippen LogP contribution in [0.2, 0.25) is 4.34 Å². The van der Waals surface area contributed by atoms with Crippen LogP contribution in [-0.4, -0.2) is 41.9 Å². The summed E-state index contributed by atoms with van der Waals surface area (Å²) >= 11 is 6.89. The number of rotatable bonds is 5. The standard InChI is InChI=1S/C20H21ClN4O4S2/c1-12-3-4-15(11-13(12)2)19-23-24-20(29-19)22-18(26)14-7-9-25(10-8-14)31(27,28)17-6-5-16(21)30-17/h3-6,11,14H,7-10H2,1-2H3,(H,22,24,26). The Morgan fingerprint density at radius 3 is 2.55 bits per heavy atom. The van der Waals surface area contributed by atoms with E-state index in [1.54, 1.807) is 6.07 Å². The van der Waals surface area contributed by atoms with Gasteiger partial charge in [-0.25, -0.2) is 8.42 Å². The molecule has 1 fully saturated rings. The molecule has 0 unspecified atom stereocenters. The molecule has 1 saturated heterocycles. The average Bonchev–Trinajstić information content (AvgIpc) is 3.39. The lowest BCUT2D eigenvalue weighted by molar-refractivity contribution is -0.121. The van der Waals surface area contributed by atoms with Gasteiger partial charge in [-0.3, -0.25) is 10.1 Å². The van der Waals surface area contributed by atoms with Gasteiger partial charge in [-0.05, 0) is 62.1 Å². The van der Waals surface area contributed by atoms with Crippen LogP contribution in [0.3, 0.4) is 0 Å². The Morgan fingerprint density at radius 2 is 1.90 bits per heavy atom. The van der Waals surface area contributed by atoms with Crippen LogP contribution in [0, 0.1) is 19.8 Å². The number of thiophene rings is 1. The zero-order chi connectivity index (χ0) is 22.2. The van der Waals surface area contributed by atoms with Crippen LogP contribution >= 0.6 is 22.9 Å². The number of halogens is 1. The molecule has 1 aliphatic rings. The van der Waals surface area contributed by atoms with Crippen LogP contribution < -0.4 is 5.32 Å². The predicted octanol–water partition coefficient (Wildman–Crippen LogP) is 4.11. The topological polar surface area (TPSA) is 105 Å². The molecule has 2 aromatic heterocycles. The minimum absolute atomic E-state index is 0.0292. The lowest BCUT2D eigenvalue weighted by atomic mass is 9.97. The minimum atomic E-state index is -3.59. The first-order valence-corrected chi connectivity index (χ1v) is 12.3. The van der Waals surface area contributed by atoms with Gasteiger partial charge in [-0.2, -0.15) is 4.31 Å². The molecule has 164 valence electrons. The number of aryl methyl sites for hydroxylation is 2. The molecular weight excluding hydrogens is 460 g/mol. The SMILES string of the molecule is Cc1ccc(-c2nnc(NC(=O)C3CCN(S(=O)(=O)c4ccc(Cl)s4)CC3)o2)cc1C. The van der Waals surface area contributed by atoms with E-state index in [1.165, 1.54) is 10.4 Å². The molecule has 1 aliphatic heterocycles. The number of amides is 1. The minimum Gasteiger partial charge on any atom is -0.403 e. The third kappa shape index (κ3) is 4.67. The van der Waals surface area contributed by atoms with E-state index in [4.69, 9.17) is 16.0 Å². The van der Waals surface area contributed by atoms with Gasteiger partial charge in [0.2, 0.25) is 11.8 Å². The van der Waals surface area contributed by atoms with Crippen LogP contribution in [0.4, 0.5) is 6.01 Å². The van der Waals surface area contributed by atoms with Crippen molar-refractivity contribution in [1.82, 2.24) is 14.5 Å². The Kier molecular flexibility index (Phi) is 6.16. The Bertz CT molecular complexity index is 1210. The lowest BCUT2D eigenvalue weighted by Crippen LogP contribution is -2.41. The Labute approximate surface area is 189 Å². The fourth-order valence-electron chi connectivity index (χ4n) is 3.39. The van der Waals surface area contributed by atoms with E-state index in [1.807, 2.05) is 32.0 Å².